The van der Waals surface area contributed by atoms with Gasteiger partial charge in [-0.1, -0.05) is 0 Å². The van der Waals surface area contributed by atoms with Gasteiger partial charge in [0.2, 0.25) is 5.91 Å². The fourth-order valence-corrected chi connectivity index (χ4v) is 5.29. The number of amides is 1. The Kier molecular flexibility index (Phi) is 9.09. The quantitative estimate of drug-likeness (QED) is 0.255. The molecule has 4 rings (SSSR count). The number of fused-ring (bicyclic) bond motifs is 1. The summed E-state index contributed by atoms with van der Waals surface area (Å²) in [6.07, 6.45) is 4.99. The van der Waals surface area contributed by atoms with E-state index < -0.39 is 17.0 Å². The molecular weight excluding hydrogens is 494 g/mol. The van der Waals surface area contributed by atoms with E-state index in [0.29, 0.717) is 51.9 Å². The fraction of sp³-hybridized carbons (Fsp3) is 0.429. The summed E-state index contributed by atoms with van der Waals surface area (Å²) >= 11 is 0. The molecule has 38 heavy (non-hydrogen) atoms. The summed E-state index contributed by atoms with van der Waals surface area (Å²) in [4.78, 5) is 19.5. The number of aromatic nitrogens is 1. The lowest BCUT2D eigenvalue weighted by atomic mass is 9.73. The first-order chi connectivity index (χ1) is 18.4. The number of hydrogen-bond acceptors (Lipinski definition) is 7. The summed E-state index contributed by atoms with van der Waals surface area (Å²) in [7, 11) is 1.62. The number of nitrogens with two attached hydrogens (primary N) is 1. The molecule has 8 nitrogen and oxygen atoms in total. The lowest BCUT2D eigenvalue weighted by molar-refractivity contribution is -0.143. The van der Waals surface area contributed by atoms with E-state index in [1.165, 1.54) is 0 Å². The summed E-state index contributed by atoms with van der Waals surface area (Å²) < 4.78 is 37.6. The van der Waals surface area contributed by atoms with Crippen LogP contribution < -0.4 is 20.7 Å². The van der Waals surface area contributed by atoms with Crippen molar-refractivity contribution in [3.05, 3.63) is 65.4 Å². The summed E-state index contributed by atoms with van der Waals surface area (Å²) in [5, 5.41) is 10.5. The van der Waals surface area contributed by atoms with Crippen LogP contribution in [0, 0.1) is 17.0 Å². The average Bonchev–Trinajstić information content (AvgIpc) is 2.92. The summed E-state index contributed by atoms with van der Waals surface area (Å²) in [6, 6.07) is 8.85. The van der Waals surface area contributed by atoms with Crippen LogP contribution in [0.1, 0.15) is 36.8 Å². The number of piperidine rings is 1. The van der Waals surface area contributed by atoms with Crippen molar-refractivity contribution in [1.82, 2.24) is 15.4 Å². The maximum absolute atomic E-state index is 13.4. The third-order valence-corrected chi connectivity index (χ3v) is 7.49. The van der Waals surface area contributed by atoms with E-state index in [4.69, 9.17) is 15.2 Å². The topological polar surface area (TPSA) is 110 Å². The third-order valence-electron chi connectivity index (χ3n) is 7.49. The van der Waals surface area contributed by atoms with Gasteiger partial charge in [0.25, 0.3) is 0 Å². The number of carbonyl (C=O) groups excluding carboxylic acids is 1. The summed E-state index contributed by atoms with van der Waals surface area (Å²) in [5.74, 6) is -0.856. The molecule has 0 radical (unpaired) electrons. The highest BCUT2D eigenvalue weighted by Crippen LogP contribution is 2.38. The maximum atomic E-state index is 13.4. The highest BCUT2D eigenvalue weighted by atomic mass is 19.1. The van der Waals surface area contributed by atoms with Crippen LogP contribution in [0.15, 0.2) is 42.6 Å². The molecule has 1 aliphatic heterocycles. The van der Waals surface area contributed by atoms with Crippen LogP contribution in [0.4, 0.5) is 8.78 Å². The van der Waals surface area contributed by atoms with Crippen molar-refractivity contribution < 1.29 is 28.3 Å². The number of ether oxygens (including phenoxy) is 2. The van der Waals surface area contributed by atoms with Crippen molar-refractivity contribution in [1.29, 1.82) is 0 Å². The number of nitrogens with one attached hydrogen (secondary N) is 1. The molecule has 10 heteroatoms. The van der Waals surface area contributed by atoms with Crippen LogP contribution >= 0.6 is 0 Å². The minimum atomic E-state index is -0.693. The summed E-state index contributed by atoms with van der Waals surface area (Å²) in [6.45, 7) is 2.45. The van der Waals surface area contributed by atoms with Gasteiger partial charge in [0.05, 0.1) is 18.0 Å². The van der Waals surface area contributed by atoms with Gasteiger partial charge in [-0.3, -0.25) is 19.9 Å². The number of likely N-dealkylation sites (tertiary alicyclic amines) is 1. The molecule has 0 saturated carbocycles. The van der Waals surface area contributed by atoms with E-state index in [1.54, 1.807) is 13.3 Å². The van der Waals surface area contributed by atoms with Crippen molar-refractivity contribution in [3.63, 3.8) is 0 Å². The molecule has 0 atom stereocenters. The van der Waals surface area contributed by atoms with Crippen molar-refractivity contribution >= 4 is 16.8 Å². The van der Waals surface area contributed by atoms with Crippen molar-refractivity contribution in [2.75, 3.05) is 33.4 Å². The Morgan fingerprint density at radius 1 is 1.16 bits per heavy atom. The molecule has 1 aliphatic rings. The normalized spacial score (nSPS) is 15.4. The number of carbonyl (C=O) groups is 1. The van der Waals surface area contributed by atoms with Gasteiger partial charge in [-0.2, -0.15) is 0 Å². The standard InChI is InChI=1S/C28H34F2N4O4/c1-37-22-4-5-26-25(16-22)24(19(17-31)18-32-26)3-2-6-28(27(35)33-36)7-9-34(10-8-28)11-12-38-23-14-20(29)13-21(30)15-23/h4-5,13-16,18,36H,2-3,6-12,17,31H2,1H3,(H,33,35). The Hall–Kier alpha value is -3.34. The average molecular weight is 529 g/mol. The van der Waals surface area contributed by atoms with E-state index in [2.05, 4.69) is 9.88 Å². The van der Waals surface area contributed by atoms with Gasteiger partial charge >= 0.3 is 0 Å². The molecule has 0 unspecified atom stereocenters. The first-order valence-electron chi connectivity index (χ1n) is 12.8. The minimum absolute atomic E-state index is 0.145. The van der Waals surface area contributed by atoms with Gasteiger partial charge in [-0.25, -0.2) is 14.3 Å². The molecule has 0 spiro atoms. The monoisotopic (exact) mass is 528 g/mol. The Bertz CT molecular complexity index is 1240. The van der Waals surface area contributed by atoms with Gasteiger partial charge in [0.15, 0.2) is 0 Å². The van der Waals surface area contributed by atoms with E-state index in [-0.39, 0.29) is 18.3 Å². The summed E-state index contributed by atoms with van der Waals surface area (Å²) in [5.41, 5.74) is 10.1. The van der Waals surface area contributed by atoms with Crippen molar-refractivity contribution in [2.24, 2.45) is 11.1 Å². The molecule has 204 valence electrons. The zero-order valence-electron chi connectivity index (χ0n) is 21.5. The molecule has 0 bridgehead atoms. The number of aryl methyl sites for hydroxylation is 1. The largest absolute Gasteiger partial charge is 0.497 e. The lowest BCUT2D eigenvalue weighted by Crippen LogP contribution is -2.49. The highest BCUT2D eigenvalue weighted by Gasteiger charge is 2.40. The first-order valence-corrected chi connectivity index (χ1v) is 12.8. The zero-order valence-corrected chi connectivity index (χ0v) is 21.5. The first kappa shape index (κ1) is 27.7. The van der Waals surface area contributed by atoms with E-state index >= 15 is 0 Å². The minimum Gasteiger partial charge on any atom is -0.497 e. The lowest BCUT2D eigenvalue weighted by Gasteiger charge is -2.40. The second-order valence-electron chi connectivity index (χ2n) is 9.72. The van der Waals surface area contributed by atoms with Crippen LogP contribution in [0.25, 0.3) is 10.9 Å². The molecule has 1 fully saturated rings. The Morgan fingerprint density at radius 2 is 1.89 bits per heavy atom. The smallest absolute Gasteiger partial charge is 0.249 e. The van der Waals surface area contributed by atoms with Crippen LogP contribution in [0.5, 0.6) is 11.5 Å². The van der Waals surface area contributed by atoms with E-state index in [1.807, 2.05) is 23.7 Å². The molecular formula is C28H34F2N4O4. The molecule has 2 heterocycles. The number of rotatable bonds is 11. The number of benzene rings is 2. The van der Waals surface area contributed by atoms with Crippen molar-refractivity contribution in [3.8, 4) is 11.5 Å². The molecule has 1 saturated heterocycles. The Morgan fingerprint density at radius 3 is 2.55 bits per heavy atom. The molecule has 1 aromatic heterocycles. The van der Waals surface area contributed by atoms with Crippen molar-refractivity contribution in [2.45, 2.75) is 38.6 Å². The number of nitrogens with zero attached hydrogens (tertiary/aromatic N) is 2. The second-order valence-corrected chi connectivity index (χ2v) is 9.72. The molecule has 3 aromatic rings. The number of halogens is 2. The molecule has 1 amide bonds. The van der Waals surface area contributed by atoms with E-state index in [0.717, 1.165) is 52.4 Å². The maximum Gasteiger partial charge on any atom is 0.249 e. The van der Waals surface area contributed by atoms with Crippen LogP contribution in [0.2, 0.25) is 0 Å². The van der Waals surface area contributed by atoms with Crippen LogP contribution in [-0.2, 0) is 17.8 Å². The van der Waals surface area contributed by atoms with Gasteiger partial charge in [-0.15, -0.1) is 0 Å². The second kappa shape index (κ2) is 12.5. The number of hydroxylamine groups is 1. The van der Waals surface area contributed by atoms with Crippen LogP contribution in [0.3, 0.4) is 0 Å². The molecule has 0 aliphatic carbocycles. The predicted octanol–water partition coefficient (Wildman–Crippen LogP) is 3.97. The van der Waals surface area contributed by atoms with Gasteiger partial charge in [0, 0.05) is 42.9 Å². The molecule has 2 aromatic carbocycles. The van der Waals surface area contributed by atoms with Gasteiger partial charge in [-0.05, 0) is 74.5 Å². The van der Waals surface area contributed by atoms with E-state index in [9.17, 15) is 18.8 Å². The zero-order chi connectivity index (χ0) is 27.1. The van der Waals surface area contributed by atoms with Gasteiger partial charge < -0.3 is 15.2 Å². The third kappa shape index (κ3) is 6.38. The number of pyridine rings is 1. The van der Waals surface area contributed by atoms with Gasteiger partial charge in [0.1, 0.15) is 29.7 Å². The highest BCUT2D eigenvalue weighted by molar-refractivity contribution is 5.84. The molecule has 4 N–H and O–H groups in total. The Labute approximate surface area is 220 Å². The SMILES string of the molecule is COc1ccc2ncc(CN)c(CCCC3(C(=O)NO)CCN(CCOc4cc(F)cc(F)c4)CC3)c2c1. The fourth-order valence-electron chi connectivity index (χ4n) is 5.29. The van der Waals surface area contributed by atoms with Crippen LogP contribution in [-0.4, -0.2) is 54.3 Å². The predicted molar refractivity (Wildman–Crippen MR) is 139 cm³/mol. The number of hydrogen-bond donors (Lipinski definition) is 3. The Balaban J connectivity index is 1.37. The number of methoxy groups -OCH3 is 1.